The topological polar surface area (TPSA) is 46.6 Å². The Morgan fingerprint density at radius 3 is 2.12 bits per heavy atom. The van der Waals surface area contributed by atoms with E-state index in [1.54, 1.807) is 0 Å². The van der Waals surface area contributed by atoms with Crippen LogP contribution in [0.25, 0.3) is 0 Å². The predicted octanol–water partition coefficient (Wildman–Crippen LogP) is 5.13. The van der Waals surface area contributed by atoms with Crippen LogP contribution in [0.1, 0.15) is 59.9 Å². The van der Waals surface area contributed by atoms with Gasteiger partial charge in [-0.3, -0.25) is 9.69 Å². The summed E-state index contributed by atoms with van der Waals surface area (Å²) in [6.45, 7) is 12.0. The maximum atomic E-state index is 12.5. The monoisotopic (exact) mass is 345 g/mol. The van der Waals surface area contributed by atoms with Gasteiger partial charge in [0.05, 0.1) is 6.54 Å². The van der Waals surface area contributed by atoms with Gasteiger partial charge in [-0.2, -0.15) is 0 Å². The Bertz CT molecular complexity index is 608. The summed E-state index contributed by atoms with van der Waals surface area (Å²) in [7, 11) is 0. The standard InChI is InChI=1S/C21H31NO3/c1-16(2)17(3)12-13-19(23)15-22(20(24)25-21(4,5)6)14-18-10-8-7-9-11-18/h7-11H,12-15H2,1-6H3. The Kier molecular flexibility index (Phi) is 7.88. The Hall–Kier alpha value is -2.10. The Labute approximate surface area is 151 Å². The number of carbonyl (C=O) groups excluding carboxylic acids is 2. The first-order valence-corrected chi connectivity index (χ1v) is 8.75. The second-order valence-electron chi connectivity index (χ2n) is 7.64. The van der Waals surface area contributed by atoms with E-state index in [0.29, 0.717) is 13.0 Å². The second kappa shape index (κ2) is 9.40. The highest BCUT2D eigenvalue weighted by Crippen LogP contribution is 2.14. The van der Waals surface area contributed by atoms with Crippen molar-refractivity contribution in [1.82, 2.24) is 4.90 Å². The SMILES string of the molecule is CC(C)=C(C)CCC(=O)CN(Cc1ccccc1)C(=O)OC(C)(C)C. The normalized spacial score (nSPS) is 11.0. The van der Waals surface area contributed by atoms with Gasteiger partial charge in [0.15, 0.2) is 5.78 Å². The van der Waals surface area contributed by atoms with Gasteiger partial charge in [0.2, 0.25) is 0 Å². The number of ketones is 1. The van der Waals surface area contributed by atoms with Gasteiger partial charge in [-0.15, -0.1) is 0 Å². The van der Waals surface area contributed by atoms with Crippen molar-refractivity contribution in [1.29, 1.82) is 0 Å². The van der Waals surface area contributed by atoms with Crippen molar-refractivity contribution in [3.63, 3.8) is 0 Å². The van der Waals surface area contributed by atoms with Crippen molar-refractivity contribution in [2.45, 2.75) is 66.5 Å². The van der Waals surface area contributed by atoms with Crippen LogP contribution in [0.5, 0.6) is 0 Å². The molecule has 0 aliphatic rings. The number of hydrogen-bond acceptors (Lipinski definition) is 3. The van der Waals surface area contributed by atoms with Crippen molar-refractivity contribution < 1.29 is 14.3 Å². The highest BCUT2D eigenvalue weighted by Gasteiger charge is 2.24. The van der Waals surface area contributed by atoms with E-state index in [4.69, 9.17) is 4.74 Å². The third kappa shape index (κ3) is 8.52. The second-order valence-corrected chi connectivity index (χ2v) is 7.64. The Balaban J connectivity index is 2.78. The fourth-order valence-electron chi connectivity index (χ4n) is 2.18. The molecule has 1 aromatic carbocycles. The molecule has 138 valence electrons. The van der Waals surface area contributed by atoms with Crippen molar-refractivity contribution in [3.05, 3.63) is 47.0 Å². The van der Waals surface area contributed by atoms with Gasteiger partial charge in [0, 0.05) is 13.0 Å². The molecule has 0 radical (unpaired) electrons. The molecule has 0 unspecified atom stereocenters. The summed E-state index contributed by atoms with van der Waals surface area (Å²) in [5.74, 6) is 0.0439. The molecule has 0 heterocycles. The van der Waals surface area contributed by atoms with Gasteiger partial charge in [-0.1, -0.05) is 41.5 Å². The molecule has 4 nitrogen and oxygen atoms in total. The molecule has 1 rings (SSSR count). The van der Waals surface area contributed by atoms with Gasteiger partial charge >= 0.3 is 6.09 Å². The molecule has 0 aromatic heterocycles. The van der Waals surface area contributed by atoms with E-state index in [1.807, 2.05) is 71.9 Å². The summed E-state index contributed by atoms with van der Waals surface area (Å²) in [4.78, 5) is 26.3. The predicted molar refractivity (Wildman–Crippen MR) is 101 cm³/mol. The maximum absolute atomic E-state index is 12.5. The molecule has 0 aliphatic heterocycles. The maximum Gasteiger partial charge on any atom is 0.410 e. The fourth-order valence-corrected chi connectivity index (χ4v) is 2.18. The largest absolute Gasteiger partial charge is 0.444 e. The number of amides is 1. The van der Waals surface area contributed by atoms with Gasteiger partial charge in [-0.25, -0.2) is 4.79 Å². The lowest BCUT2D eigenvalue weighted by Crippen LogP contribution is -2.39. The smallest absolute Gasteiger partial charge is 0.410 e. The van der Waals surface area contributed by atoms with Crippen LogP contribution in [0.2, 0.25) is 0 Å². The molecule has 0 saturated heterocycles. The quantitative estimate of drug-likeness (QED) is 0.644. The van der Waals surface area contributed by atoms with Crippen LogP contribution >= 0.6 is 0 Å². The number of rotatable bonds is 7. The third-order valence-corrected chi connectivity index (χ3v) is 3.87. The zero-order chi connectivity index (χ0) is 19.0. The zero-order valence-electron chi connectivity index (χ0n) is 16.4. The van der Waals surface area contributed by atoms with Crippen LogP contribution in [-0.2, 0) is 16.1 Å². The Morgan fingerprint density at radius 2 is 1.60 bits per heavy atom. The van der Waals surface area contributed by atoms with E-state index in [0.717, 1.165) is 12.0 Å². The number of nitrogens with zero attached hydrogens (tertiary/aromatic N) is 1. The minimum absolute atomic E-state index is 0.0439. The average molecular weight is 345 g/mol. The summed E-state index contributed by atoms with van der Waals surface area (Å²) >= 11 is 0. The summed E-state index contributed by atoms with van der Waals surface area (Å²) in [5, 5.41) is 0. The lowest BCUT2D eigenvalue weighted by molar-refractivity contribution is -0.120. The van der Waals surface area contributed by atoms with E-state index < -0.39 is 11.7 Å². The fraction of sp³-hybridized carbons (Fsp3) is 0.524. The molecular formula is C21H31NO3. The van der Waals surface area contributed by atoms with E-state index in [2.05, 4.69) is 0 Å². The number of Topliss-reactive ketones (excluding diaryl/α,β-unsaturated/α-hetero) is 1. The number of carbonyl (C=O) groups is 2. The number of allylic oxidation sites excluding steroid dienone is 2. The molecule has 0 bridgehead atoms. The van der Waals surface area contributed by atoms with Crippen LogP contribution in [0.3, 0.4) is 0 Å². The van der Waals surface area contributed by atoms with Crippen LogP contribution < -0.4 is 0 Å². The van der Waals surface area contributed by atoms with Crippen molar-refractivity contribution in [3.8, 4) is 0 Å². The highest BCUT2D eigenvalue weighted by atomic mass is 16.6. The molecule has 25 heavy (non-hydrogen) atoms. The van der Waals surface area contributed by atoms with E-state index in [9.17, 15) is 9.59 Å². The summed E-state index contributed by atoms with van der Waals surface area (Å²) in [6, 6.07) is 9.64. The average Bonchev–Trinajstić information content (AvgIpc) is 2.51. The lowest BCUT2D eigenvalue weighted by atomic mass is 10.1. The summed E-state index contributed by atoms with van der Waals surface area (Å²) < 4.78 is 5.46. The van der Waals surface area contributed by atoms with Crippen LogP contribution in [0, 0.1) is 0 Å². The summed E-state index contributed by atoms with van der Waals surface area (Å²) in [5.41, 5.74) is 2.84. The first-order chi connectivity index (χ1) is 11.6. The third-order valence-electron chi connectivity index (χ3n) is 3.87. The number of hydrogen-bond donors (Lipinski definition) is 0. The Morgan fingerprint density at radius 1 is 1.00 bits per heavy atom. The summed E-state index contributed by atoms with van der Waals surface area (Å²) in [6.07, 6.45) is 0.711. The lowest BCUT2D eigenvalue weighted by Gasteiger charge is -2.27. The van der Waals surface area contributed by atoms with Crippen LogP contribution in [0.4, 0.5) is 4.79 Å². The van der Waals surface area contributed by atoms with Crippen molar-refractivity contribution in [2.24, 2.45) is 0 Å². The van der Waals surface area contributed by atoms with E-state index in [-0.39, 0.29) is 12.3 Å². The molecule has 0 saturated carbocycles. The molecule has 0 aliphatic carbocycles. The molecule has 1 aromatic rings. The van der Waals surface area contributed by atoms with Crippen LogP contribution in [-0.4, -0.2) is 28.9 Å². The molecule has 0 fully saturated rings. The van der Waals surface area contributed by atoms with E-state index in [1.165, 1.54) is 16.0 Å². The van der Waals surface area contributed by atoms with Crippen molar-refractivity contribution >= 4 is 11.9 Å². The molecule has 0 spiro atoms. The number of ether oxygens (including phenoxy) is 1. The van der Waals surface area contributed by atoms with Gasteiger partial charge in [0.25, 0.3) is 0 Å². The number of benzene rings is 1. The first kappa shape index (κ1) is 20.9. The van der Waals surface area contributed by atoms with E-state index >= 15 is 0 Å². The molecule has 4 heteroatoms. The molecule has 1 amide bonds. The van der Waals surface area contributed by atoms with Crippen molar-refractivity contribution in [2.75, 3.05) is 6.54 Å². The van der Waals surface area contributed by atoms with Gasteiger partial charge in [0.1, 0.15) is 5.60 Å². The highest BCUT2D eigenvalue weighted by molar-refractivity contribution is 5.84. The minimum Gasteiger partial charge on any atom is -0.444 e. The van der Waals surface area contributed by atoms with Gasteiger partial charge < -0.3 is 4.74 Å². The minimum atomic E-state index is -0.590. The zero-order valence-corrected chi connectivity index (χ0v) is 16.4. The molecular weight excluding hydrogens is 314 g/mol. The van der Waals surface area contributed by atoms with Crippen LogP contribution in [0.15, 0.2) is 41.5 Å². The molecule has 0 atom stereocenters. The first-order valence-electron chi connectivity index (χ1n) is 8.75. The van der Waals surface area contributed by atoms with Gasteiger partial charge in [-0.05, 0) is 53.5 Å². The molecule has 0 N–H and O–H groups in total.